The second-order valence-electron chi connectivity index (χ2n) is 3.36. The van der Waals surface area contributed by atoms with Gasteiger partial charge in [-0.2, -0.15) is 0 Å². The Balaban J connectivity index is 2.34. The van der Waals surface area contributed by atoms with Gasteiger partial charge in [0.1, 0.15) is 4.49 Å². The topological polar surface area (TPSA) is 0 Å². The molecular weight excluding hydrogens is 179 g/mol. The van der Waals surface area contributed by atoms with Crippen LogP contribution in [0.1, 0.15) is 13.8 Å². The average Bonchev–Trinajstić information content (AvgIpc) is 2.39. The van der Waals surface area contributed by atoms with E-state index in [9.17, 15) is 0 Å². The first-order chi connectivity index (χ1) is 5.02. The Kier molecular flexibility index (Phi) is 2.66. The van der Waals surface area contributed by atoms with E-state index in [1.165, 1.54) is 0 Å². The average molecular weight is 190 g/mol. The minimum Gasteiger partial charge on any atom is -0.0805 e. The highest BCUT2D eigenvalue weighted by molar-refractivity contribution is 6.55. The zero-order valence-corrected chi connectivity index (χ0v) is 8.15. The summed E-state index contributed by atoms with van der Waals surface area (Å²) < 4.78 is 0.305. The van der Waals surface area contributed by atoms with E-state index in [0.717, 1.165) is 0 Å². The van der Waals surface area contributed by atoms with Crippen LogP contribution in [0.5, 0.6) is 0 Å². The van der Waals surface area contributed by atoms with Crippen LogP contribution in [0.25, 0.3) is 0 Å². The SMILES string of the molecule is CC1(C)[CH]C1C=CC=C(Cl)Cl. The largest absolute Gasteiger partial charge is 0.106 e. The lowest BCUT2D eigenvalue weighted by atomic mass is 10.1. The van der Waals surface area contributed by atoms with Crippen LogP contribution in [0, 0.1) is 17.8 Å². The van der Waals surface area contributed by atoms with E-state index in [4.69, 9.17) is 23.2 Å². The maximum absolute atomic E-state index is 5.42. The van der Waals surface area contributed by atoms with Crippen molar-refractivity contribution in [1.82, 2.24) is 0 Å². The molecular formula is C9H11Cl2. The predicted octanol–water partition coefficient (Wildman–Crippen LogP) is 3.72. The molecule has 0 saturated heterocycles. The van der Waals surface area contributed by atoms with Crippen LogP contribution >= 0.6 is 23.2 Å². The van der Waals surface area contributed by atoms with E-state index in [0.29, 0.717) is 15.8 Å². The highest BCUT2D eigenvalue weighted by Crippen LogP contribution is 2.51. The van der Waals surface area contributed by atoms with Gasteiger partial charge in [-0.1, -0.05) is 49.2 Å². The number of hydrogen-bond acceptors (Lipinski definition) is 0. The first-order valence-electron chi connectivity index (χ1n) is 3.58. The highest BCUT2D eigenvalue weighted by atomic mass is 35.5. The van der Waals surface area contributed by atoms with Crippen LogP contribution < -0.4 is 0 Å². The van der Waals surface area contributed by atoms with Crippen molar-refractivity contribution in [2.24, 2.45) is 11.3 Å². The van der Waals surface area contributed by atoms with Gasteiger partial charge in [0.25, 0.3) is 0 Å². The Hall–Kier alpha value is 0.0600. The van der Waals surface area contributed by atoms with Crippen molar-refractivity contribution in [3.8, 4) is 0 Å². The smallest absolute Gasteiger partial charge is 0.0805 e. The van der Waals surface area contributed by atoms with Gasteiger partial charge in [-0.3, -0.25) is 0 Å². The molecule has 0 aromatic carbocycles. The molecule has 1 aliphatic carbocycles. The molecule has 1 rings (SSSR count). The number of hydrogen-bond donors (Lipinski definition) is 0. The molecule has 0 spiro atoms. The summed E-state index contributed by atoms with van der Waals surface area (Å²) in [5.41, 5.74) is 0.378. The van der Waals surface area contributed by atoms with E-state index in [1.54, 1.807) is 6.08 Å². The van der Waals surface area contributed by atoms with Crippen molar-refractivity contribution in [3.05, 3.63) is 29.1 Å². The quantitative estimate of drug-likeness (QED) is 0.582. The summed E-state index contributed by atoms with van der Waals surface area (Å²) in [6, 6.07) is 0. The molecule has 0 aromatic rings. The summed E-state index contributed by atoms with van der Waals surface area (Å²) in [7, 11) is 0. The van der Waals surface area contributed by atoms with E-state index in [1.807, 2.05) is 6.08 Å². The third-order valence-electron chi connectivity index (χ3n) is 1.90. The van der Waals surface area contributed by atoms with Crippen molar-refractivity contribution >= 4 is 23.2 Å². The summed E-state index contributed by atoms with van der Waals surface area (Å²) in [6.07, 6.45) is 7.96. The Morgan fingerprint density at radius 2 is 2.00 bits per heavy atom. The third-order valence-corrected chi connectivity index (χ3v) is 2.15. The fourth-order valence-corrected chi connectivity index (χ4v) is 1.11. The molecule has 1 aliphatic rings. The first-order valence-corrected chi connectivity index (χ1v) is 4.33. The number of rotatable bonds is 2. The lowest BCUT2D eigenvalue weighted by Gasteiger charge is -1.94. The molecule has 0 heterocycles. The fourth-order valence-electron chi connectivity index (χ4n) is 0.966. The van der Waals surface area contributed by atoms with Crippen LogP contribution in [-0.4, -0.2) is 0 Å². The molecule has 1 atom stereocenters. The molecule has 0 nitrogen and oxygen atoms in total. The van der Waals surface area contributed by atoms with Gasteiger partial charge in [0.15, 0.2) is 0 Å². The minimum absolute atomic E-state index is 0.305. The van der Waals surface area contributed by atoms with Gasteiger partial charge < -0.3 is 0 Å². The number of allylic oxidation sites excluding steroid dienone is 3. The van der Waals surface area contributed by atoms with Gasteiger partial charge in [-0.25, -0.2) is 0 Å². The standard InChI is InChI=1S/C9H11Cl2/c1-9(2)6-7(9)4-3-5-8(10)11/h3-7H,1-2H3. The molecule has 0 amide bonds. The second kappa shape index (κ2) is 3.20. The van der Waals surface area contributed by atoms with Gasteiger partial charge in [-0.15, -0.1) is 0 Å². The third kappa shape index (κ3) is 2.88. The molecule has 0 aliphatic heterocycles. The molecule has 0 bridgehead atoms. The summed E-state index contributed by atoms with van der Waals surface area (Å²) in [4.78, 5) is 0. The van der Waals surface area contributed by atoms with Crippen molar-refractivity contribution in [1.29, 1.82) is 0 Å². The van der Waals surface area contributed by atoms with E-state index < -0.39 is 0 Å². The molecule has 1 radical (unpaired) electrons. The minimum atomic E-state index is 0.305. The van der Waals surface area contributed by atoms with Gasteiger partial charge in [0, 0.05) is 0 Å². The Morgan fingerprint density at radius 3 is 2.36 bits per heavy atom. The second-order valence-corrected chi connectivity index (χ2v) is 4.36. The van der Waals surface area contributed by atoms with E-state index in [2.05, 4.69) is 26.3 Å². The fraction of sp³-hybridized carbons (Fsp3) is 0.444. The van der Waals surface area contributed by atoms with Crippen LogP contribution in [0.2, 0.25) is 0 Å². The highest BCUT2D eigenvalue weighted by Gasteiger charge is 2.43. The Labute approximate surface area is 77.9 Å². The van der Waals surface area contributed by atoms with Gasteiger partial charge in [0.2, 0.25) is 0 Å². The molecule has 1 fully saturated rings. The van der Waals surface area contributed by atoms with Gasteiger partial charge in [-0.05, 0) is 23.8 Å². The van der Waals surface area contributed by atoms with Gasteiger partial charge >= 0.3 is 0 Å². The normalized spacial score (nSPS) is 27.1. The monoisotopic (exact) mass is 189 g/mol. The first kappa shape index (κ1) is 9.15. The Bertz CT molecular complexity index is 198. The Morgan fingerprint density at radius 1 is 1.45 bits per heavy atom. The maximum atomic E-state index is 5.42. The molecule has 1 saturated carbocycles. The summed E-state index contributed by atoms with van der Waals surface area (Å²) in [5.74, 6) is 0.589. The molecule has 61 valence electrons. The lowest BCUT2D eigenvalue weighted by Crippen LogP contribution is -1.85. The molecule has 1 unspecified atom stereocenters. The van der Waals surface area contributed by atoms with E-state index >= 15 is 0 Å². The van der Waals surface area contributed by atoms with Crippen molar-refractivity contribution < 1.29 is 0 Å². The number of halogens is 2. The van der Waals surface area contributed by atoms with Crippen molar-refractivity contribution in [2.45, 2.75) is 13.8 Å². The van der Waals surface area contributed by atoms with Crippen LogP contribution in [0.3, 0.4) is 0 Å². The van der Waals surface area contributed by atoms with E-state index in [-0.39, 0.29) is 0 Å². The predicted molar refractivity (Wildman–Crippen MR) is 50.5 cm³/mol. The summed E-state index contributed by atoms with van der Waals surface area (Å²) in [5, 5.41) is 0. The zero-order valence-electron chi connectivity index (χ0n) is 6.64. The van der Waals surface area contributed by atoms with Crippen LogP contribution in [0.15, 0.2) is 22.7 Å². The molecule has 0 N–H and O–H groups in total. The van der Waals surface area contributed by atoms with Crippen molar-refractivity contribution in [3.63, 3.8) is 0 Å². The summed E-state index contributed by atoms with van der Waals surface area (Å²) >= 11 is 10.8. The zero-order chi connectivity index (χ0) is 8.48. The molecule has 11 heavy (non-hydrogen) atoms. The molecule has 0 aromatic heterocycles. The summed E-state index contributed by atoms with van der Waals surface area (Å²) in [6.45, 7) is 4.40. The van der Waals surface area contributed by atoms with Gasteiger partial charge in [0.05, 0.1) is 0 Å². The lowest BCUT2D eigenvalue weighted by molar-refractivity contribution is 0.625. The maximum Gasteiger partial charge on any atom is 0.106 e. The molecule has 2 heteroatoms. The van der Waals surface area contributed by atoms with Crippen LogP contribution in [-0.2, 0) is 0 Å². The van der Waals surface area contributed by atoms with Crippen LogP contribution in [0.4, 0.5) is 0 Å². The van der Waals surface area contributed by atoms with Crippen molar-refractivity contribution in [2.75, 3.05) is 0 Å².